The van der Waals surface area contributed by atoms with Crippen molar-refractivity contribution in [2.75, 3.05) is 6.54 Å². The topological polar surface area (TPSA) is 65.0 Å². The maximum atomic E-state index is 15.1. The Hall–Kier alpha value is -2.04. The lowest BCUT2D eigenvalue weighted by Gasteiger charge is -2.23. The van der Waals surface area contributed by atoms with Crippen LogP contribution in [-0.2, 0) is 16.3 Å². The van der Waals surface area contributed by atoms with Gasteiger partial charge in [0.2, 0.25) is 9.92 Å². The molecule has 3 unspecified atom stereocenters. The molecule has 1 fully saturated rings. The molecule has 1 heterocycles. The third-order valence-electron chi connectivity index (χ3n) is 4.86. The number of rotatable bonds is 5. The summed E-state index contributed by atoms with van der Waals surface area (Å²) in [5.41, 5.74) is -3.78. The van der Waals surface area contributed by atoms with E-state index >= 15 is 4.39 Å². The zero-order valence-corrected chi connectivity index (χ0v) is 20.3. The maximum Gasteiger partial charge on any atom is 0.492 e. The van der Waals surface area contributed by atoms with Crippen LogP contribution in [0.25, 0.3) is 11.1 Å². The Morgan fingerprint density at radius 1 is 1.12 bits per heavy atom. The van der Waals surface area contributed by atoms with Gasteiger partial charge in [-0.2, -0.15) is 13.2 Å². The SMILES string of the molecule is CC.CC.Cc1cc(F)cc(-c2cccc(CC3NCCC3NS(=N)(=O)C(F)(F)F)c2F)c1. The third kappa shape index (κ3) is 7.48. The first kappa shape index (κ1) is 29.0. The molecule has 1 aliphatic heterocycles. The molecule has 186 valence electrons. The van der Waals surface area contributed by atoms with E-state index in [9.17, 15) is 21.8 Å². The first-order valence-corrected chi connectivity index (χ1v) is 12.4. The molecule has 33 heavy (non-hydrogen) atoms. The molecule has 3 N–H and O–H groups in total. The van der Waals surface area contributed by atoms with Crippen LogP contribution >= 0.6 is 0 Å². The quantitative estimate of drug-likeness (QED) is 0.426. The standard InChI is InChI=1S/C19H20F5N3OS.2C2H6/c1-11-7-13(9-14(20)8-11)15-4-2-3-12(18(15)21)10-17-16(5-6-26-17)27-29(25,28)19(22,23)24;2*1-2/h2-4,7-9,16-17,26H,5-6,10H2,1H3,(H2,25,27,28);2*1-2H3. The summed E-state index contributed by atoms with van der Waals surface area (Å²) in [5, 5.41) is 2.97. The first-order chi connectivity index (χ1) is 15.5. The van der Waals surface area contributed by atoms with Crippen LogP contribution in [0, 0.1) is 23.3 Å². The van der Waals surface area contributed by atoms with Gasteiger partial charge in [-0.15, -0.1) is 0 Å². The highest BCUT2D eigenvalue weighted by Gasteiger charge is 2.44. The van der Waals surface area contributed by atoms with Gasteiger partial charge in [0.1, 0.15) is 11.6 Å². The van der Waals surface area contributed by atoms with Crippen LogP contribution in [0.3, 0.4) is 0 Å². The van der Waals surface area contributed by atoms with Gasteiger partial charge in [0.15, 0.2) is 0 Å². The smallest absolute Gasteiger partial charge is 0.312 e. The Morgan fingerprint density at radius 2 is 1.76 bits per heavy atom. The molecule has 0 radical (unpaired) electrons. The molecule has 10 heteroatoms. The van der Waals surface area contributed by atoms with Crippen molar-refractivity contribution in [1.82, 2.24) is 10.0 Å². The molecule has 1 aliphatic rings. The predicted molar refractivity (Wildman–Crippen MR) is 123 cm³/mol. The summed E-state index contributed by atoms with van der Waals surface area (Å²) in [5.74, 6) is -1.09. The monoisotopic (exact) mass is 493 g/mol. The summed E-state index contributed by atoms with van der Waals surface area (Å²) in [4.78, 5) is 0. The fourth-order valence-corrected chi connectivity index (χ4v) is 4.33. The highest BCUT2D eigenvalue weighted by molar-refractivity contribution is 7.91. The molecule has 0 aliphatic carbocycles. The molecule has 0 bridgehead atoms. The van der Waals surface area contributed by atoms with E-state index in [4.69, 9.17) is 4.78 Å². The Labute approximate surface area is 193 Å². The fraction of sp³-hybridized carbons (Fsp3) is 0.478. The van der Waals surface area contributed by atoms with Gasteiger partial charge in [0, 0.05) is 17.6 Å². The number of halogens is 5. The molecule has 2 aromatic rings. The lowest BCUT2D eigenvalue weighted by atomic mass is 9.96. The number of alkyl halides is 3. The van der Waals surface area contributed by atoms with Gasteiger partial charge in [-0.05, 0) is 55.1 Å². The highest BCUT2D eigenvalue weighted by Crippen LogP contribution is 2.29. The Kier molecular flexibility index (Phi) is 10.9. The minimum atomic E-state index is -5.19. The van der Waals surface area contributed by atoms with Gasteiger partial charge in [-0.25, -0.2) is 22.5 Å². The number of aryl methyl sites for hydroxylation is 1. The van der Waals surface area contributed by atoms with E-state index in [-0.39, 0.29) is 24.0 Å². The van der Waals surface area contributed by atoms with E-state index in [0.29, 0.717) is 17.7 Å². The highest BCUT2D eigenvalue weighted by atomic mass is 32.2. The molecule has 3 rings (SSSR count). The van der Waals surface area contributed by atoms with Crippen LogP contribution in [-0.4, -0.2) is 28.3 Å². The molecule has 3 atom stereocenters. The number of benzene rings is 2. The number of nitrogens with one attached hydrogen (secondary N) is 3. The van der Waals surface area contributed by atoms with Crippen molar-refractivity contribution in [2.45, 2.75) is 65.1 Å². The van der Waals surface area contributed by atoms with Crippen LogP contribution in [0.4, 0.5) is 22.0 Å². The van der Waals surface area contributed by atoms with Crippen LogP contribution < -0.4 is 10.0 Å². The van der Waals surface area contributed by atoms with Crippen molar-refractivity contribution in [3.63, 3.8) is 0 Å². The maximum absolute atomic E-state index is 15.1. The van der Waals surface area contributed by atoms with Crippen LogP contribution in [0.5, 0.6) is 0 Å². The second kappa shape index (κ2) is 12.4. The van der Waals surface area contributed by atoms with E-state index in [1.807, 2.05) is 32.4 Å². The number of hydrogen-bond donors (Lipinski definition) is 3. The molecule has 4 nitrogen and oxygen atoms in total. The molecular weight excluding hydrogens is 461 g/mol. The van der Waals surface area contributed by atoms with E-state index in [0.717, 1.165) is 0 Å². The lowest BCUT2D eigenvalue weighted by molar-refractivity contribution is -0.0420. The molecular formula is C23H32F5N3OS. The summed E-state index contributed by atoms with van der Waals surface area (Å²) < 4.78 is 87.7. The van der Waals surface area contributed by atoms with Crippen molar-refractivity contribution >= 4 is 9.92 Å². The Bertz CT molecular complexity index is 989. The van der Waals surface area contributed by atoms with E-state index < -0.39 is 39.1 Å². The summed E-state index contributed by atoms with van der Waals surface area (Å²) in [7, 11) is -5.00. The summed E-state index contributed by atoms with van der Waals surface area (Å²) >= 11 is 0. The van der Waals surface area contributed by atoms with Gasteiger partial charge in [0.05, 0.1) is 0 Å². The van der Waals surface area contributed by atoms with E-state index in [1.165, 1.54) is 24.3 Å². The van der Waals surface area contributed by atoms with Crippen molar-refractivity contribution in [3.8, 4) is 11.1 Å². The van der Waals surface area contributed by atoms with Gasteiger partial charge < -0.3 is 5.32 Å². The van der Waals surface area contributed by atoms with Crippen molar-refractivity contribution in [1.29, 1.82) is 4.78 Å². The fourth-order valence-electron chi connectivity index (χ4n) is 3.49. The molecule has 0 saturated carbocycles. The Balaban J connectivity index is 0.00000129. The lowest BCUT2D eigenvalue weighted by Crippen LogP contribution is -2.48. The van der Waals surface area contributed by atoms with Crippen molar-refractivity contribution in [3.05, 3.63) is 59.2 Å². The molecule has 2 aromatic carbocycles. The van der Waals surface area contributed by atoms with Crippen LogP contribution in [0.1, 0.15) is 45.2 Å². The molecule has 0 amide bonds. The van der Waals surface area contributed by atoms with Gasteiger partial charge in [-0.3, -0.25) is 0 Å². The number of hydrogen-bond acceptors (Lipinski definition) is 3. The minimum absolute atomic E-state index is 0.0268. The van der Waals surface area contributed by atoms with Crippen LogP contribution in [0.2, 0.25) is 0 Å². The van der Waals surface area contributed by atoms with E-state index in [2.05, 4.69) is 5.32 Å². The molecule has 0 spiro atoms. The van der Waals surface area contributed by atoms with E-state index in [1.54, 1.807) is 19.1 Å². The van der Waals surface area contributed by atoms with Crippen molar-refractivity contribution < 1.29 is 26.2 Å². The van der Waals surface area contributed by atoms with Crippen LogP contribution in [0.15, 0.2) is 36.4 Å². The predicted octanol–water partition coefficient (Wildman–Crippen LogP) is 6.34. The second-order valence-electron chi connectivity index (χ2n) is 7.08. The third-order valence-corrected chi connectivity index (χ3v) is 6.15. The largest absolute Gasteiger partial charge is 0.492 e. The van der Waals surface area contributed by atoms with Crippen molar-refractivity contribution in [2.24, 2.45) is 0 Å². The summed E-state index contributed by atoms with van der Waals surface area (Å²) in [6.07, 6.45) is 0.250. The summed E-state index contributed by atoms with van der Waals surface area (Å²) in [6, 6.07) is 7.24. The zero-order chi connectivity index (χ0) is 25.4. The molecule has 0 aromatic heterocycles. The minimum Gasteiger partial charge on any atom is -0.312 e. The molecule has 1 saturated heterocycles. The average molecular weight is 494 g/mol. The average Bonchev–Trinajstić information content (AvgIpc) is 3.17. The summed E-state index contributed by atoms with van der Waals surface area (Å²) in [6.45, 7) is 10.0. The van der Waals surface area contributed by atoms with Gasteiger partial charge in [0.25, 0.3) is 0 Å². The normalized spacial score (nSPS) is 19.6. The Morgan fingerprint density at radius 3 is 2.33 bits per heavy atom. The van der Waals surface area contributed by atoms with Gasteiger partial charge in [-0.1, -0.05) is 52.0 Å². The second-order valence-corrected chi connectivity index (χ2v) is 8.89. The zero-order valence-electron chi connectivity index (χ0n) is 19.4. The first-order valence-electron chi connectivity index (χ1n) is 10.9. The van der Waals surface area contributed by atoms with Gasteiger partial charge >= 0.3 is 5.51 Å².